The van der Waals surface area contributed by atoms with Gasteiger partial charge in [-0.15, -0.1) is 0 Å². The number of amides is 2. The van der Waals surface area contributed by atoms with Crippen LogP contribution in [0.3, 0.4) is 0 Å². The van der Waals surface area contributed by atoms with Crippen molar-refractivity contribution in [3.05, 3.63) is 0 Å². The van der Waals surface area contributed by atoms with Crippen molar-refractivity contribution < 1.29 is 4.79 Å². The number of fused-ring (bicyclic) bond motifs is 2. The van der Waals surface area contributed by atoms with Gasteiger partial charge in [-0.1, -0.05) is 0 Å². The predicted octanol–water partition coefficient (Wildman–Crippen LogP) is 1.91. The van der Waals surface area contributed by atoms with E-state index < -0.39 is 0 Å². The Morgan fingerprint density at radius 1 is 1.33 bits per heavy atom. The maximum absolute atomic E-state index is 12.0. The maximum Gasteiger partial charge on any atom is 0.317 e. The lowest BCUT2D eigenvalue weighted by Crippen LogP contribution is -2.56. The molecule has 0 aromatic rings. The van der Waals surface area contributed by atoms with Gasteiger partial charge in [0.15, 0.2) is 0 Å². The molecule has 0 spiro atoms. The first-order valence-electron chi connectivity index (χ1n) is 8.27. The zero-order valence-electron chi connectivity index (χ0n) is 13.3. The van der Waals surface area contributed by atoms with Gasteiger partial charge in [0.25, 0.3) is 0 Å². The molecule has 0 aromatic heterocycles. The summed E-state index contributed by atoms with van der Waals surface area (Å²) in [6.07, 6.45) is 3.36. The fourth-order valence-corrected chi connectivity index (χ4v) is 3.68. The standard InChI is InChI=1S/C16H28N4O/c1-3-18-16(21)20-11-14-7-15(12-20)10-19(9-14)6-4-5-13(2)8-17/h13-15H,3-7,9-12H2,1-2H3,(H,18,21). The molecule has 2 aliphatic heterocycles. The average Bonchev–Trinajstić information content (AvgIpc) is 2.46. The Balaban J connectivity index is 1.76. The van der Waals surface area contributed by atoms with Gasteiger partial charge < -0.3 is 15.1 Å². The Bertz CT molecular complexity index is 378. The minimum Gasteiger partial charge on any atom is -0.338 e. The van der Waals surface area contributed by atoms with Gasteiger partial charge in [0.05, 0.1) is 6.07 Å². The third-order valence-corrected chi connectivity index (χ3v) is 4.60. The maximum atomic E-state index is 12.0. The normalized spacial score (nSPS) is 27.0. The smallest absolute Gasteiger partial charge is 0.317 e. The highest BCUT2D eigenvalue weighted by Crippen LogP contribution is 2.28. The lowest BCUT2D eigenvalue weighted by molar-refractivity contribution is 0.0457. The Kier molecular flexibility index (Phi) is 5.86. The summed E-state index contributed by atoms with van der Waals surface area (Å²) in [6.45, 7) is 9.76. The van der Waals surface area contributed by atoms with Gasteiger partial charge in [0.1, 0.15) is 0 Å². The largest absolute Gasteiger partial charge is 0.338 e. The van der Waals surface area contributed by atoms with Crippen LogP contribution in [0.1, 0.15) is 33.1 Å². The number of carbonyl (C=O) groups excluding carboxylic acids is 1. The minimum absolute atomic E-state index is 0.100. The van der Waals surface area contributed by atoms with Gasteiger partial charge >= 0.3 is 6.03 Å². The van der Waals surface area contributed by atoms with Crippen LogP contribution >= 0.6 is 0 Å². The predicted molar refractivity (Wildman–Crippen MR) is 82.7 cm³/mol. The van der Waals surface area contributed by atoms with Crippen LogP contribution in [-0.2, 0) is 0 Å². The Morgan fingerprint density at radius 2 is 2.00 bits per heavy atom. The second-order valence-corrected chi connectivity index (χ2v) is 6.64. The van der Waals surface area contributed by atoms with E-state index in [4.69, 9.17) is 5.26 Å². The highest BCUT2D eigenvalue weighted by atomic mass is 16.2. The van der Waals surface area contributed by atoms with Gasteiger partial charge in [0.2, 0.25) is 0 Å². The Labute approximate surface area is 128 Å². The van der Waals surface area contributed by atoms with E-state index in [2.05, 4.69) is 16.3 Å². The van der Waals surface area contributed by atoms with E-state index >= 15 is 0 Å². The quantitative estimate of drug-likeness (QED) is 0.842. The van der Waals surface area contributed by atoms with E-state index in [1.807, 2.05) is 18.7 Å². The third-order valence-electron chi connectivity index (χ3n) is 4.60. The van der Waals surface area contributed by atoms with Gasteiger partial charge in [0, 0.05) is 38.6 Å². The van der Waals surface area contributed by atoms with Crippen molar-refractivity contribution in [2.45, 2.75) is 33.1 Å². The van der Waals surface area contributed by atoms with Crippen molar-refractivity contribution in [3.63, 3.8) is 0 Å². The minimum atomic E-state index is 0.100. The van der Waals surface area contributed by atoms with Crippen LogP contribution in [0.4, 0.5) is 4.79 Å². The van der Waals surface area contributed by atoms with Crippen LogP contribution in [-0.4, -0.2) is 55.1 Å². The lowest BCUT2D eigenvalue weighted by Gasteiger charge is -2.45. The number of hydrogen-bond acceptors (Lipinski definition) is 3. The zero-order valence-corrected chi connectivity index (χ0v) is 13.3. The van der Waals surface area contributed by atoms with Crippen molar-refractivity contribution in [3.8, 4) is 6.07 Å². The molecule has 2 aliphatic rings. The molecule has 0 saturated carbocycles. The van der Waals surface area contributed by atoms with Crippen molar-refractivity contribution in [2.24, 2.45) is 17.8 Å². The first kappa shape index (κ1) is 16.1. The number of urea groups is 1. The van der Waals surface area contributed by atoms with Crippen LogP contribution in [0, 0.1) is 29.1 Å². The van der Waals surface area contributed by atoms with Gasteiger partial charge in [-0.05, 0) is 51.5 Å². The van der Waals surface area contributed by atoms with E-state index in [1.165, 1.54) is 6.42 Å². The van der Waals surface area contributed by atoms with E-state index in [0.717, 1.165) is 45.6 Å². The van der Waals surface area contributed by atoms with Crippen molar-refractivity contribution in [2.75, 3.05) is 39.3 Å². The van der Waals surface area contributed by atoms with Crippen LogP contribution in [0.2, 0.25) is 0 Å². The molecule has 2 amide bonds. The molecule has 3 unspecified atom stereocenters. The summed E-state index contributed by atoms with van der Waals surface area (Å²) < 4.78 is 0. The number of carbonyl (C=O) groups is 1. The highest BCUT2D eigenvalue weighted by molar-refractivity contribution is 5.74. The summed E-state index contributed by atoms with van der Waals surface area (Å²) in [5.41, 5.74) is 0. The molecule has 5 nitrogen and oxygen atoms in total. The Morgan fingerprint density at radius 3 is 2.57 bits per heavy atom. The first-order chi connectivity index (χ1) is 10.1. The number of nitrogens with zero attached hydrogens (tertiary/aromatic N) is 3. The monoisotopic (exact) mass is 292 g/mol. The molecule has 2 saturated heterocycles. The van der Waals surface area contributed by atoms with Crippen LogP contribution in [0.25, 0.3) is 0 Å². The first-order valence-corrected chi connectivity index (χ1v) is 8.27. The molecule has 3 atom stereocenters. The molecule has 2 bridgehead atoms. The van der Waals surface area contributed by atoms with Crippen molar-refractivity contribution in [1.82, 2.24) is 15.1 Å². The topological polar surface area (TPSA) is 59.4 Å². The molecule has 2 heterocycles. The Hall–Kier alpha value is -1.28. The molecular formula is C16H28N4O. The number of nitrogens with one attached hydrogen (secondary N) is 1. The molecule has 0 radical (unpaired) electrons. The molecule has 1 N–H and O–H groups in total. The molecule has 0 aromatic carbocycles. The van der Waals surface area contributed by atoms with Crippen molar-refractivity contribution >= 4 is 6.03 Å². The zero-order chi connectivity index (χ0) is 15.2. The fourth-order valence-electron chi connectivity index (χ4n) is 3.68. The fraction of sp³-hybridized carbons (Fsp3) is 0.875. The molecule has 21 heavy (non-hydrogen) atoms. The molecule has 2 fully saturated rings. The summed E-state index contributed by atoms with van der Waals surface area (Å²) in [5.74, 6) is 1.41. The molecule has 0 aliphatic carbocycles. The highest BCUT2D eigenvalue weighted by Gasteiger charge is 2.35. The number of nitriles is 1. The second kappa shape index (κ2) is 7.65. The number of hydrogen-bond donors (Lipinski definition) is 1. The van der Waals surface area contributed by atoms with E-state index in [-0.39, 0.29) is 11.9 Å². The van der Waals surface area contributed by atoms with Gasteiger partial charge in [-0.3, -0.25) is 0 Å². The summed E-state index contributed by atoms with van der Waals surface area (Å²) >= 11 is 0. The second-order valence-electron chi connectivity index (χ2n) is 6.64. The third kappa shape index (κ3) is 4.60. The average molecular weight is 292 g/mol. The molecule has 5 heteroatoms. The summed E-state index contributed by atoms with van der Waals surface area (Å²) in [6, 6.07) is 2.40. The molecular weight excluding hydrogens is 264 g/mol. The lowest BCUT2D eigenvalue weighted by atomic mass is 9.84. The van der Waals surface area contributed by atoms with E-state index in [0.29, 0.717) is 18.4 Å². The summed E-state index contributed by atoms with van der Waals surface area (Å²) in [4.78, 5) is 16.5. The van der Waals surface area contributed by atoms with E-state index in [9.17, 15) is 4.79 Å². The van der Waals surface area contributed by atoms with Gasteiger partial charge in [-0.25, -0.2) is 4.79 Å². The number of likely N-dealkylation sites (tertiary alicyclic amines) is 2. The van der Waals surface area contributed by atoms with Crippen LogP contribution in [0.5, 0.6) is 0 Å². The van der Waals surface area contributed by atoms with Crippen molar-refractivity contribution in [1.29, 1.82) is 5.26 Å². The number of rotatable bonds is 5. The van der Waals surface area contributed by atoms with E-state index in [1.54, 1.807) is 0 Å². The SMILES string of the molecule is CCNC(=O)N1CC2CC(CN(CCCC(C)C#N)C2)C1. The number of piperidine rings is 2. The molecule has 2 rings (SSSR count). The molecule has 118 valence electrons. The summed E-state index contributed by atoms with van der Waals surface area (Å²) in [7, 11) is 0. The van der Waals surface area contributed by atoms with Gasteiger partial charge in [-0.2, -0.15) is 5.26 Å². The van der Waals surface area contributed by atoms with Crippen LogP contribution < -0.4 is 5.32 Å². The van der Waals surface area contributed by atoms with Crippen LogP contribution in [0.15, 0.2) is 0 Å². The summed E-state index contributed by atoms with van der Waals surface area (Å²) in [5, 5.41) is 11.7.